The molecule has 0 unspecified atom stereocenters. The van der Waals surface area contributed by atoms with E-state index in [0.29, 0.717) is 0 Å². The van der Waals surface area contributed by atoms with Crippen LogP contribution in [0, 0.1) is 0 Å². The molecule has 0 aliphatic heterocycles. The van der Waals surface area contributed by atoms with Gasteiger partial charge in [-0.1, -0.05) is 0 Å². The largest absolute Gasteiger partial charge is 1.00 e. The van der Waals surface area contributed by atoms with Gasteiger partial charge in [-0.05, 0) is 6.90 Å². The third kappa shape index (κ3) is 40.3. The molecule has 0 spiro atoms. The summed E-state index contributed by atoms with van der Waals surface area (Å²) in [6, 6.07) is 0. The van der Waals surface area contributed by atoms with Crippen LogP contribution in [0.25, 0.3) is 0 Å². The van der Waals surface area contributed by atoms with Gasteiger partial charge < -0.3 is 9.90 Å². The van der Waals surface area contributed by atoms with E-state index >= 15 is 0 Å². The first-order chi connectivity index (χ1) is 2.27. The van der Waals surface area contributed by atoms with Crippen LogP contribution in [0.1, 0.15) is 8.27 Å². The molecule has 0 aromatic carbocycles. The Bertz CT molecular complexity index is 46.8. The predicted octanol–water partition coefficient (Wildman–Crippen LogP) is -4.24. The van der Waals surface area contributed by atoms with Crippen molar-refractivity contribution in [2.75, 3.05) is 0 Å². The number of carbonyl (C=O) groups is 1. The van der Waals surface area contributed by atoms with Crippen LogP contribution in [-0.4, -0.2) is 5.97 Å². The van der Waals surface area contributed by atoms with E-state index in [1.807, 2.05) is 0 Å². The predicted molar refractivity (Wildman–Crippen MR) is 10.7 cm³/mol. The van der Waals surface area contributed by atoms with Crippen molar-refractivity contribution in [1.29, 1.82) is 0 Å². The summed E-state index contributed by atoms with van der Waals surface area (Å²) in [5, 5.41) is 9.07. The fourth-order valence-electron chi connectivity index (χ4n) is 0. The molecule has 0 N–H and O–H groups in total. The zero-order valence-electron chi connectivity index (χ0n) is 4.02. The molecule has 0 amide bonds. The van der Waals surface area contributed by atoms with Crippen LogP contribution >= 0.6 is 0 Å². The van der Waals surface area contributed by atoms with Crippen LogP contribution < -0.4 is 56.5 Å². The molecular formula is C2H3KO2. The van der Waals surface area contributed by atoms with E-state index in [2.05, 4.69) is 0 Å². The zero-order chi connectivity index (χ0) is 4.28. The van der Waals surface area contributed by atoms with Gasteiger partial charge in [0.15, 0.2) is 0 Å². The zero-order valence-corrected chi connectivity index (χ0v) is 6.15. The Kier molecular flexibility index (Phi) is 6.24. The van der Waals surface area contributed by atoms with Gasteiger partial charge in [0.1, 0.15) is 0 Å². The molecule has 0 saturated heterocycles. The molecule has 0 aromatic heterocycles. The molecule has 0 fully saturated rings. The van der Waals surface area contributed by atoms with Crippen molar-refractivity contribution in [2.24, 2.45) is 0 Å². The van der Waals surface area contributed by atoms with Gasteiger partial charge in [0.25, 0.3) is 0 Å². The van der Waals surface area contributed by atoms with E-state index in [1.54, 1.807) is 0 Å². The maximum Gasteiger partial charge on any atom is 1.00 e. The number of hydrogen-bond donors (Lipinski definition) is 0. The number of aliphatic carboxylic acids is 1. The van der Waals surface area contributed by atoms with E-state index < -0.39 is 12.9 Å². The van der Waals surface area contributed by atoms with Crippen LogP contribution in [0.2, 0.25) is 0 Å². The maximum absolute atomic E-state index is 9.07. The summed E-state index contributed by atoms with van der Waals surface area (Å²) in [5.74, 6) is -1.33. The van der Waals surface area contributed by atoms with Gasteiger partial charge >= 0.3 is 51.4 Å². The normalized spacial score (nSPS) is 7.60. The number of rotatable bonds is 0. The van der Waals surface area contributed by atoms with E-state index in [9.17, 15) is 0 Å². The minimum Gasteiger partial charge on any atom is -0.550 e. The van der Waals surface area contributed by atoms with Crippen molar-refractivity contribution in [2.45, 2.75) is 6.90 Å². The Morgan fingerprint density at radius 3 is 2.40 bits per heavy atom. The monoisotopic (exact) mass is 99.0 g/mol. The van der Waals surface area contributed by atoms with E-state index in [-0.39, 0.29) is 51.4 Å². The third-order valence-electron chi connectivity index (χ3n) is 0. The molecule has 0 saturated carbocycles. The van der Waals surface area contributed by atoms with Crippen molar-refractivity contribution >= 4 is 5.97 Å². The summed E-state index contributed by atoms with van der Waals surface area (Å²) in [6.45, 7) is -0.639. The standard InChI is InChI=1S/C2H4O2.K/c1-2(3)4;/h1H3,(H,3,4);/q;+1/p-1/i1D;. The second kappa shape index (κ2) is 5.11. The number of hydrogen-bond acceptors (Lipinski definition) is 2. The van der Waals surface area contributed by atoms with Gasteiger partial charge in [-0.3, -0.25) is 0 Å². The summed E-state index contributed by atoms with van der Waals surface area (Å²) in [5.41, 5.74) is 0. The summed E-state index contributed by atoms with van der Waals surface area (Å²) in [6.07, 6.45) is 0. The second-order valence-electron chi connectivity index (χ2n) is 0.372. The van der Waals surface area contributed by atoms with Gasteiger partial charge in [-0.2, -0.15) is 0 Å². The average Bonchev–Trinajstić information content (AvgIpc) is 1.38. The Balaban J connectivity index is 0. The molecule has 5 heavy (non-hydrogen) atoms. The number of carbonyl (C=O) groups excluding carboxylic acids is 1. The SMILES string of the molecule is [2H]CC(=O)[O-].[K+]. The molecule has 2 nitrogen and oxygen atoms in total. The maximum atomic E-state index is 9.07. The molecular weight excluding hydrogens is 95.1 g/mol. The Labute approximate surface area is 74.4 Å². The van der Waals surface area contributed by atoms with Gasteiger partial charge in [-0.15, -0.1) is 0 Å². The molecule has 0 aliphatic carbocycles. The minimum absolute atomic E-state index is 0. The van der Waals surface area contributed by atoms with Crippen molar-refractivity contribution in [3.63, 3.8) is 0 Å². The Morgan fingerprint density at radius 1 is 2.20 bits per heavy atom. The third-order valence-corrected chi connectivity index (χ3v) is 0. The Hall–Kier alpha value is 1.11. The minimum atomic E-state index is -1.33. The van der Waals surface area contributed by atoms with Gasteiger partial charge in [0.2, 0.25) is 0 Å². The fraction of sp³-hybridized carbons (Fsp3) is 0.500. The quantitative estimate of drug-likeness (QED) is 0.289. The van der Waals surface area contributed by atoms with Crippen molar-refractivity contribution in [3.8, 4) is 0 Å². The first-order valence-electron chi connectivity index (χ1n) is 1.47. The molecule has 24 valence electrons. The van der Waals surface area contributed by atoms with Crippen LogP contribution in [-0.2, 0) is 4.79 Å². The summed E-state index contributed by atoms with van der Waals surface area (Å²) < 4.78 is 6.00. The number of carboxylic acids is 1. The summed E-state index contributed by atoms with van der Waals surface area (Å²) >= 11 is 0. The molecule has 0 bridgehead atoms. The smallest absolute Gasteiger partial charge is 0.550 e. The second-order valence-corrected chi connectivity index (χ2v) is 0.372. The van der Waals surface area contributed by atoms with Crippen LogP contribution in [0.5, 0.6) is 0 Å². The Morgan fingerprint density at radius 2 is 2.40 bits per heavy atom. The molecule has 3 heteroatoms. The van der Waals surface area contributed by atoms with Crippen molar-refractivity contribution in [3.05, 3.63) is 0 Å². The van der Waals surface area contributed by atoms with E-state index in [0.717, 1.165) is 0 Å². The summed E-state index contributed by atoms with van der Waals surface area (Å²) in [4.78, 5) is 9.07. The molecule has 0 rings (SSSR count). The first-order valence-corrected chi connectivity index (χ1v) is 0.762. The van der Waals surface area contributed by atoms with Crippen LogP contribution in [0.4, 0.5) is 0 Å². The van der Waals surface area contributed by atoms with E-state index in [4.69, 9.17) is 11.3 Å². The average molecular weight is 99.1 g/mol. The molecule has 0 atom stereocenters. The molecule has 0 radical (unpaired) electrons. The van der Waals surface area contributed by atoms with Gasteiger partial charge in [0, 0.05) is 7.34 Å². The first kappa shape index (κ1) is 6.11. The fourth-order valence-corrected chi connectivity index (χ4v) is 0. The molecule has 0 aliphatic rings. The molecule has 0 aromatic rings. The van der Waals surface area contributed by atoms with Gasteiger partial charge in [-0.25, -0.2) is 0 Å². The van der Waals surface area contributed by atoms with Crippen LogP contribution in [0.15, 0.2) is 0 Å². The topological polar surface area (TPSA) is 40.1 Å². The molecule has 0 heterocycles. The van der Waals surface area contributed by atoms with Gasteiger partial charge in [0.05, 0.1) is 0 Å². The van der Waals surface area contributed by atoms with Crippen molar-refractivity contribution in [1.82, 2.24) is 0 Å². The summed E-state index contributed by atoms with van der Waals surface area (Å²) in [7, 11) is 0. The van der Waals surface area contributed by atoms with E-state index in [1.165, 1.54) is 0 Å². The van der Waals surface area contributed by atoms with Crippen LogP contribution in [0.3, 0.4) is 0 Å². The van der Waals surface area contributed by atoms with Crippen molar-refractivity contribution < 1.29 is 62.7 Å². The number of carboxylic acid groups (broad SMARTS) is 1.